The number of nitrogens with zero attached hydrogens (tertiary/aromatic N) is 3. The summed E-state index contributed by atoms with van der Waals surface area (Å²) in [7, 11) is 0. The summed E-state index contributed by atoms with van der Waals surface area (Å²) in [5.41, 5.74) is 2.34. The first-order valence-electron chi connectivity index (χ1n) is 14.0. The minimum atomic E-state index is -0.401. The summed E-state index contributed by atoms with van der Waals surface area (Å²) in [6.07, 6.45) is 4.18. The van der Waals surface area contributed by atoms with Gasteiger partial charge in [-0.25, -0.2) is 4.98 Å². The molecule has 1 atom stereocenters. The number of rotatable bonds is 3. The number of nitrogens with one attached hydrogen (secondary N) is 2. The van der Waals surface area contributed by atoms with Crippen molar-refractivity contribution in [3.63, 3.8) is 0 Å². The maximum absolute atomic E-state index is 13.7. The van der Waals surface area contributed by atoms with Crippen LogP contribution in [0.15, 0.2) is 48.5 Å². The van der Waals surface area contributed by atoms with Gasteiger partial charge in [0.15, 0.2) is 0 Å². The molecule has 2 aliphatic heterocycles. The van der Waals surface area contributed by atoms with Crippen molar-refractivity contribution >= 4 is 22.8 Å². The normalized spacial score (nSPS) is 21.3. The Morgan fingerprint density at radius 1 is 1.03 bits per heavy atom. The smallest absolute Gasteiger partial charge is 0.255 e. The first kappa shape index (κ1) is 26.2. The fraction of sp³-hybridized carbons (Fsp3) is 0.500. The third-order valence-corrected chi connectivity index (χ3v) is 8.08. The molecule has 0 saturated carbocycles. The number of para-hydroxylation sites is 3. The van der Waals surface area contributed by atoms with Crippen molar-refractivity contribution in [2.75, 3.05) is 26.2 Å². The van der Waals surface area contributed by atoms with Gasteiger partial charge in [0, 0.05) is 13.1 Å². The van der Waals surface area contributed by atoms with Crippen LogP contribution in [0.25, 0.3) is 11.0 Å². The zero-order valence-corrected chi connectivity index (χ0v) is 22.5. The van der Waals surface area contributed by atoms with Gasteiger partial charge in [0.2, 0.25) is 5.91 Å². The van der Waals surface area contributed by atoms with E-state index in [-0.39, 0.29) is 17.9 Å². The number of carbonyl (C=O) groups is 2. The van der Waals surface area contributed by atoms with E-state index in [2.05, 4.69) is 45.2 Å². The molecule has 1 aromatic heterocycles. The second-order valence-corrected chi connectivity index (χ2v) is 10.7. The highest BCUT2D eigenvalue weighted by molar-refractivity contribution is 5.96. The van der Waals surface area contributed by atoms with E-state index < -0.39 is 5.41 Å². The molecule has 38 heavy (non-hydrogen) atoms. The van der Waals surface area contributed by atoms with Crippen LogP contribution in [0, 0.1) is 5.41 Å². The molecule has 0 radical (unpaired) electrons. The van der Waals surface area contributed by atoms with Crippen molar-refractivity contribution in [2.24, 2.45) is 5.41 Å². The lowest BCUT2D eigenvalue weighted by Crippen LogP contribution is -2.51. The van der Waals surface area contributed by atoms with E-state index in [9.17, 15) is 9.59 Å². The molecule has 2 aromatic carbocycles. The van der Waals surface area contributed by atoms with Crippen LogP contribution in [0.1, 0.15) is 62.1 Å². The molecule has 2 aliphatic rings. The first-order valence-corrected chi connectivity index (χ1v) is 14.0. The predicted molar refractivity (Wildman–Crippen MR) is 148 cm³/mol. The Kier molecular flexibility index (Phi) is 7.98. The Balaban J connectivity index is 1.27. The quantitative estimate of drug-likeness (QED) is 0.545. The van der Waals surface area contributed by atoms with Gasteiger partial charge in [0.1, 0.15) is 18.2 Å². The van der Waals surface area contributed by atoms with Crippen molar-refractivity contribution < 1.29 is 14.3 Å². The van der Waals surface area contributed by atoms with Crippen molar-refractivity contribution in [3.8, 4) is 5.75 Å². The van der Waals surface area contributed by atoms with Crippen molar-refractivity contribution in [1.29, 1.82) is 0 Å². The van der Waals surface area contributed by atoms with Crippen LogP contribution < -0.4 is 15.4 Å². The lowest BCUT2D eigenvalue weighted by Gasteiger charge is -2.41. The fourth-order valence-electron chi connectivity index (χ4n) is 5.83. The predicted octanol–water partition coefficient (Wildman–Crippen LogP) is 4.14. The zero-order chi connectivity index (χ0) is 26.5. The lowest BCUT2D eigenvalue weighted by atomic mass is 9.73. The topological polar surface area (TPSA) is 88.5 Å². The molecular formula is C30H39N5O3. The zero-order valence-electron chi connectivity index (χ0n) is 22.5. The molecule has 1 fully saturated rings. The maximum atomic E-state index is 13.7. The van der Waals surface area contributed by atoms with Crippen LogP contribution in [0.2, 0.25) is 0 Å². The standard InChI is InChI=1S/C30H39N5O3/c1-3-35-25-12-6-5-11-24(25)33-27(35)20-34-18-15-30(16-19-34)14-8-9-17-31-28(36)23-10-4-7-13-26(23)38-21-22(2)32-29(30)37/h4-7,10-13,22H,3,8-9,14-21H2,1-2H3,(H,31,36)(H,32,37)/t22-/m1/s1. The number of hydrogen-bond donors (Lipinski definition) is 2. The Morgan fingerprint density at radius 2 is 1.79 bits per heavy atom. The van der Waals surface area contributed by atoms with Crippen LogP contribution in [-0.2, 0) is 17.9 Å². The van der Waals surface area contributed by atoms with Crippen LogP contribution in [-0.4, -0.2) is 58.5 Å². The van der Waals surface area contributed by atoms with E-state index in [1.54, 1.807) is 12.1 Å². The number of hydrogen-bond acceptors (Lipinski definition) is 5. The fourth-order valence-corrected chi connectivity index (χ4v) is 5.83. The summed E-state index contributed by atoms with van der Waals surface area (Å²) in [6.45, 7) is 8.41. The number of amides is 2. The molecule has 0 bridgehead atoms. The van der Waals surface area contributed by atoms with Gasteiger partial charge in [0.05, 0.1) is 34.6 Å². The summed E-state index contributed by atoms with van der Waals surface area (Å²) >= 11 is 0. The summed E-state index contributed by atoms with van der Waals surface area (Å²) in [4.78, 5) is 33.7. The molecule has 2 amide bonds. The minimum absolute atomic E-state index is 0.115. The summed E-state index contributed by atoms with van der Waals surface area (Å²) < 4.78 is 8.27. The van der Waals surface area contributed by atoms with Crippen molar-refractivity contribution in [2.45, 2.75) is 65.1 Å². The van der Waals surface area contributed by atoms with E-state index in [0.717, 1.165) is 69.6 Å². The Labute approximate surface area is 224 Å². The molecule has 8 heteroatoms. The Morgan fingerprint density at radius 3 is 2.61 bits per heavy atom. The average molecular weight is 518 g/mol. The second-order valence-electron chi connectivity index (χ2n) is 10.7. The SMILES string of the molecule is CCn1c(CN2CCC3(CCCCNC(=O)c4ccccc4OC[C@@H](C)NC3=O)CC2)nc2ccccc21. The van der Waals surface area contributed by atoms with Gasteiger partial charge in [-0.3, -0.25) is 14.5 Å². The number of imidazole rings is 1. The number of likely N-dealkylation sites (tertiary alicyclic amines) is 1. The van der Waals surface area contributed by atoms with Crippen LogP contribution in [0.5, 0.6) is 5.75 Å². The van der Waals surface area contributed by atoms with E-state index in [0.29, 0.717) is 24.5 Å². The number of aryl methyl sites for hydroxylation is 1. The monoisotopic (exact) mass is 517 g/mol. The number of fused-ring (bicyclic) bond motifs is 2. The number of ether oxygens (including phenoxy) is 1. The number of piperidine rings is 1. The van der Waals surface area contributed by atoms with Gasteiger partial charge >= 0.3 is 0 Å². The highest BCUT2D eigenvalue weighted by Crippen LogP contribution is 2.38. The molecule has 202 valence electrons. The van der Waals surface area contributed by atoms with Gasteiger partial charge in [-0.05, 0) is 76.9 Å². The molecule has 5 rings (SSSR count). The van der Waals surface area contributed by atoms with Gasteiger partial charge < -0.3 is 19.9 Å². The van der Waals surface area contributed by atoms with E-state index >= 15 is 0 Å². The molecule has 1 saturated heterocycles. The minimum Gasteiger partial charge on any atom is -0.491 e. The van der Waals surface area contributed by atoms with Gasteiger partial charge in [0.25, 0.3) is 5.91 Å². The molecular weight excluding hydrogens is 478 g/mol. The van der Waals surface area contributed by atoms with Crippen LogP contribution in [0.3, 0.4) is 0 Å². The van der Waals surface area contributed by atoms with Gasteiger partial charge in [-0.15, -0.1) is 0 Å². The summed E-state index contributed by atoms with van der Waals surface area (Å²) in [5.74, 6) is 1.64. The van der Waals surface area contributed by atoms with E-state index in [1.807, 2.05) is 25.1 Å². The third-order valence-electron chi connectivity index (χ3n) is 8.08. The van der Waals surface area contributed by atoms with Crippen molar-refractivity contribution in [3.05, 3.63) is 59.9 Å². The molecule has 0 aliphatic carbocycles. The molecule has 8 nitrogen and oxygen atoms in total. The summed E-state index contributed by atoms with van der Waals surface area (Å²) in [6, 6.07) is 15.4. The number of carbonyl (C=O) groups excluding carboxylic acids is 2. The molecule has 3 heterocycles. The lowest BCUT2D eigenvalue weighted by molar-refractivity contribution is -0.135. The van der Waals surface area contributed by atoms with Gasteiger partial charge in [-0.1, -0.05) is 30.7 Å². The summed E-state index contributed by atoms with van der Waals surface area (Å²) in [5, 5.41) is 6.26. The first-order chi connectivity index (χ1) is 18.5. The molecule has 2 N–H and O–H groups in total. The van der Waals surface area contributed by atoms with Crippen LogP contribution in [0.4, 0.5) is 0 Å². The molecule has 3 aromatic rings. The van der Waals surface area contributed by atoms with Crippen molar-refractivity contribution in [1.82, 2.24) is 25.1 Å². The maximum Gasteiger partial charge on any atom is 0.255 e. The molecule has 1 spiro atoms. The average Bonchev–Trinajstić information content (AvgIpc) is 3.29. The number of benzene rings is 2. The number of aromatic nitrogens is 2. The van der Waals surface area contributed by atoms with Crippen LogP contribution >= 0.6 is 0 Å². The highest BCUT2D eigenvalue weighted by atomic mass is 16.5. The second kappa shape index (κ2) is 11.6. The molecule has 0 unspecified atom stereocenters. The van der Waals surface area contributed by atoms with Gasteiger partial charge in [-0.2, -0.15) is 0 Å². The Hall–Kier alpha value is -3.39. The third kappa shape index (κ3) is 5.55. The Bertz CT molecular complexity index is 1280. The largest absolute Gasteiger partial charge is 0.491 e. The van der Waals surface area contributed by atoms with E-state index in [4.69, 9.17) is 9.72 Å². The highest BCUT2D eigenvalue weighted by Gasteiger charge is 2.41. The van der Waals surface area contributed by atoms with E-state index in [1.165, 1.54) is 5.52 Å².